The standard InChI is InChI=1S/C23H24Cl2N5O6PS/c1-28(2)9-10-36-23-6-5-22(26-27-23)29-8-7-16-11-19(3-4-21(16)29)30(15-37(31,32)33)38(34,35)20-13-17(24)12-18(25)14-20/h3-8,11-14H,9-10,15H2,1-2H3,(H2,31,32,33). The van der Waals surface area contributed by atoms with Crippen LogP contribution in [0.25, 0.3) is 16.7 Å². The quantitative estimate of drug-likeness (QED) is 0.259. The molecule has 0 saturated carbocycles. The summed E-state index contributed by atoms with van der Waals surface area (Å²) in [5.74, 6) is 0.884. The van der Waals surface area contributed by atoms with Crippen LogP contribution in [0.3, 0.4) is 0 Å². The first-order valence-corrected chi connectivity index (χ1v) is 15.1. The van der Waals surface area contributed by atoms with Crippen molar-refractivity contribution in [2.45, 2.75) is 4.90 Å². The van der Waals surface area contributed by atoms with Gasteiger partial charge in [0.15, 0.2) is 5.82 Å². The topological polar surface area (TPSA) is 138 Å². The minimum absolute atomic E-state index is 0.0467. The van der Waals surface area contributed by atoms with E-state index in [0.717, 1.165) is 18.7 Å². The van der Waals surface area contributed by atoms with Crippen LogP contribution in [0.4, 0.5) is 5.69 Å². The third-order valence-electron chi connectivity index (χ3n) is 5.36. The van der Waals surface area contributed by atoms with Gasteiger partial charge >= 0.3 is 7.60 Å². The highest BCUT2D eigenvalue weighted by Crippen LogP contribution is 2.40. The number of benzene rings is 2. The Hall–Kier alpha value is -2.70. The fourth-order valence-corrected chi connectivity index (χ4v) is 7.01. The van der Waals surface area contributed by atoms with E-state index < -0.39 is 23.9 Å². The predicted octanol–water partition coefficient (Wildman–Crippen LogP) is 4.00. The van der Waals surface area contributed by atoms with Crippen molar-refractivity contribution in [1.82, 2.24) is 19.7 Å². The van der Waals surface area contributed by atoms with Gasteiger partial charge in [-0.1, -0.05) is 23.2 Å². The lowest BCUT2D eigenvalue weighted by atomic mass is 10.2. The first-order valence-electron chi connectivity index (χ1n) is 11.1. The van der Waals surface area contributed by atoms with E-state index in [9.17, 15) is 22.8 Å². The number of rotatable bonds is 10. The van der Waals surface area contributed by atoms with E-state index in [0.29, 0.717) is 33.5 Å². The molecule has 0 unspecified atom stereocenters. The van der Waals surface area contributed by atoms with Crippen molar-refractivity contribution in [3.8, 4) is 11.7 Å². The maximum atomic E-state index is 13.4. The molecule has 2 aromatic heterocycles. The molecule has 38 heavy (non-hydrogen) atoms. The van der Waals surface area contributed by atoms with Crippen LogP contribution >= 0.6 is 30.8 Å². The molecule has 2 aromatic carbocycles. The average molecular weight is 600 g/mol. The number of anilines is 1. The summed E-state index contributed by atoms with van der Waals surface area (Å²) >= 11 is 12.0. The molecule has 0 radical (unpaired) electrons. The van der Waals surface area contributed by atoms with Crippen molar-refractivity contribution in [1.29, 1.82) is 0 Å². The van der Waals surface area contributed by atoms with Gasteiger partial charge in [0.05, 0.1) is 16.1 Å². The van der Waals surface area contributed by atoms with E-state index in [-0.39, 0.29) is 20.6 Å². The van der Waals surface area contributed by atoms with Crippen LogP contribution in [0.1, 0.15) is 0 Å². The summed E-state index contributed by atoms with van der Waals surface area (Å²) in [5.41, 5.74) is 0.717. The van der Waals surface area contributed by atoms with Gasteiger partial charge in [-0.25, -0.2) is 8.42 Å². The van der Waals surface area contributed by atoms with Crippen molar-refractivity contribution < 1.29 is 27.5 Å². The highest BCUT2D eigenvalue weighted by Gasteiger charge is 2.32. The van der Waals surface area contributed by atoms with Crippen molar-refractivity contribution in [2.24, 2.45) is 0 Å². The van der Waals surface area contributed by atoms with Crippen LogP contribution in [-0.2, 0) is 14.6 Å². The van der Waals surface area contributed by atoms with Crippen LogP contribution in [-0.4, -0.2) is 71.4 Å². The summed E-state index contributed by atoms with van der Waals surface area (Å²) in [7, 11) is -5.37. The summed E-state index contributed by atoms with van der Waals surface area (Å²) in [6.07, 6.45) is 0.649. The van der Waals surface area contributed by atoms with E-state index in [4.69, 9.17) is 27.9 Å². The highest BCUT2D eigenvalue weighted by atomic mass is 35.5. The number of nitrogens with zero attached hydrogens (tertiary/aromatic N) is 5. The molecule has 0 spiro atoms. The summed E-state index contributed by atoms with van der Waals surface area (Å²) in [6, 6.07) is 13.4. The van der Waals surface area contributed by atoms with Crippen molar-refractivity contribution in [3.05, 3.63) is 70.8 Å². The number of likely N-dealkylation sites (N-methyl/N-ethyl adjacent to an activating group) is 1. The molecule has 0 aliphatic heterocycles. The molecule has 2 heterocycles. The number of hydrogen-bond acceptors (Lipinski definition) is 7. The average Bonchev–Trinajstić information content (AvgIpc) is 3.25. The number of hydrogen-bond donors (Lipinski definition) is 2. The lowest BCUT2D eigenvalue weighted by Crippen LogP contribution is -2.32. The second-order valence-corrected chi connectivity index (χ2v) is 12.9. The van der Waals surface area contributed by atoms with Gasteiger partial charge in [-0.15, -0.1) is 10.2 Å². The van der Waals surface area contributed by atoms with E-state index >= 15 is 0 Å². The van der Waals surface area contributed by atoms with Gasteiger partial charge in [0, 0.05) is 34.2 Å². The van der Waals surface area contributed by atoms with Crippen LogP contribution in [0.15, 0.2) is 65.7 Å². The zero-order valence-electron chi connectivity index (χ0n) is 20.3. The van der Waals surface area contributed by atoms with Crippen molar-refractivity contribution in [2.75, 3.05) is 37.8 Å². The lowest BCUT2D eigenvalue weighted by molar-refractivity contribution is 0.251. The van der Waals surface area contributed by atoms with Gasteiger partial charge in [-0.3, -0.25) is 13.4 Å². The summed E-state index contributed by atoms with van der Waals surface area (Å²) in [4.78, 5) is 21.0. The maximum Gasteiger partial charge on any atom is 0.345 e. The molecule has 4 rings (SSSR count). The number of ether oxygens (including phenoxy) is 1. The number of aromatic nitrogens is 3. The molecule has 0 aliphatic carbocycles. The maximum absolute atomic E-state index is 13.4. The number of fused-ring (bicyclic) bond motifs is 1. The number of sulfonamides is 1. The summed E-state index contributed by atoms with van der Waals surface area (Å²) in [6.45, 7) is 1.19. The fraction of sp³-hybridized carbons (Fsp3) is 0.217. The summed E-state index contributed by atoms with van der Waals surface area (Å²) < 4.78 is 46.8. The second-order valence-electron chi connectivity index (χ2n) is 8.58. The zero-order valence-corrected chi connectivity index (χ0v) is 23.5. The molecule has 0 amide bonds. The monoisotopic (exact) mass is 599 g/mol. The fourth-order valence-electron chi connectivity index (χ4n) is 3.60. The van der Waals surface area contributed by atoms with Crippen LogP contribution in [0.5, 0.6) is 5.88 Å². The van der Waals surface area contributed by atoms with E-state index in [1.54, 1.807) is 35.0 Å². The molecule has 11 nitrogen and oxygen atoms in total. The molecule has 202 valence electrons. The smallest absolute Gasteiger partial charge is 0.345 e. The molecule has 0 atom stereocenters. The SMILES string of the molecule is CN(C)CCOc1ccc(-n2ccc3cc(N(CP(=O)(O)O)S(=O)(=O)c4cc(Cl)cc(Cl)c4)ccc32)nn1. The molecular formula is C23H24Cl2N5O6PS. The van der Waals surface area contributed by atoms with Crippen LogP contribution in [0.2, 0.25) is 10.0 Å². The molecule has 0 bridgehead atoms. The van der Waals surface area contributed by atoms with Crippen LogP contribution in [0, 0.1) is 0 Å². The van der Waals surface area contributed by atoms with Crippen molar-refractivity contribution in [3.63, 3.8) is 0 Å². The molecule has 0 saturated heterocycles. The van der Waals surface area contributed by atoms with E-state index in [2.05, 4.69) is 10.2 Å². The molecule has 0 fully saturated rings. The van der Waals surface area contributed by atoms with Gasteiger partial charge < -0.3 is 19.4 Å². The lowest BCUT2D eigenvalue weighted by Gasteiger charge is -2.25. The Kier molecular flexibility index (Phi) is 8.34. The van der Waals surface area contributed by atoms with Gasteiger partial charge in [0.25, 0.3) is 10.0 Å². The Bertz CT molecular complexity index is 1590. The Morgan fingerprint density at radius 3 is 2.32 bits per heavy atom. The third kappa shape index (κ3) is 6.65. The van der Waals surface area contributed by atoms with E-state index in [1.165, 1.54) is 18.2 Å². The first kappa shape index (κ1) is 28.3. The van der Waals surface area contributed by atoms with Crippen molar-refractivity contribution >= 4 is 57.4 Å². The van der Waals surface area contributed by atoms with Crippen LogP contribution < -0.4 is 9.04 Å². The van der Waals surface area contributed by atoms with Gasteiger partial charge in [0.2, 0.25) is 5.88 Å². The Morgan fingerprint density at radius 2 is 1.71 bits per heavy atom. The van der Waals surface area contributed by atoms with Gasteiger partial charge in [-0.05, 0) is 62.6 Å². The normalized spacial score (nSPS) is 12.3. The molecule has 4 aromatic rings. The zero-order chi connectivity index (χ0) is 27.7. The number of halogens is 2. The van der Waals surface area contributed by atoms with E-state index in [1.807, 2.05) is 19.0 Å². The minimum Gasteiger partial charge on any atom is -0.475 e. The second kappa shape index (κ2) is 11.2. The van der Waals surface area contributed by atoms with Gasteiger partial charge in [0.1, 0.15) is 12.9 Å². The highest BCUT2D eigenvalue weighted by molar-refractivity contribution is 7.93. The molecule has 0 aliphatic rings. The largest absolute Gasteiger partial charge is 0.475 e. The molecule has 2 N–H and O–H groups in total. The first-order chi connectivity index (χ1) is 17.8. The Morgan fingerprint density at radius 1 is 1.00 bits per heavy atom. The predicted molar refractivity (Wildman–Crippen MR) is 146 cm³/mol. The van der Waals surface area contributed by atoms with Gasteiger partial charge in [-0.2, -0.15) is 0 Å². The minimum atomic E-state index is -4.81. The Balaban J connectivity index is 1.68. The third-order valence-corrected chi connectivity index (χ3v) is 8.39. The summed E-state index contributed by atoms with van der Waals surface area (Å²) in [5, 5.41) is 9.04. The Labute approximate surface area is 229 Å². The molecular weight excluding hydrogens is 576 g/mol. The molecule has 15 heteroatoms.